The van der Waals surface area contributed by atoms with E-state index in [0.717, 1.165) is 50.4 Å². The van der Waals surface area contributed by atoms with Crippen LogP contribution in [0.2, 0.25) is 0 Å². The molecule has 4 N–H and O–H groups in total. The third-order valence-electron chi connectivity index (χ3n) is 11.0. The van der Waals surface area contributed by atoms with Gasteiger partial charge in [-0.1, -0.05) is 169 Å². The van der Waals surface area contributed by atoms with E-state index in [4.69, 9.17) is 24.0 Å². The van der Waals surface area contributed by atoms with Gasteiger partial charge in [-0.15, -0.1) is 0 Å². The molecule has 1 aliphatic heterocycles. The van der Waals surface area contributed by atoms with Gasteiger partial charge in [-0.05, 0) is 24.7 Å². The van der Waals surface area contributed by atoms with Crippen molar-refractivity contribution in [3.8, 4) is 0 Å². The quantitative estimate of drug-likeness (QED) is 0.0209. The van der Waals surface area contributed by atoms with E-state index in [9.17, 15) is 30.0 Å². The summed E-state index contributed by atoms with van der Waals surface area (Å²) in [5.74, 6) is 0.868. The van der Waals surface area contributed by atoms with Crippen molar-refractivity contribution in [1.29, 1.82) is 0 Å². The van der Waals surface area contributed by atoms with Crippen LogP contribution < -0.4 is 0 Å². The highest BCUT2D eigenvalue weighted by Gasteiger charge is 2.44. The molecule has 11 heteroatoms. The summed E-state index contributed by atoms with van der Waals surface area (Å²) >= 11 is 0. The first-order valence-electron chi connectivity index (χ1n) is 22.1. The number of carbonyl (C=O) groups is 2. The molecule has 0 aromatic rings. The predicted molar refractivity (Wildman–Crippen MR) is 211 cm³/mol. The van der Waals surface area contributed by atoms with Crippen molar-refractivity contribution in [3.05, 3.63) is 0 Å². The van der Waals surface area contributed by atoms with Crippen LogP contribution in [0.4, 0.5) is 0 Å². The van der Waals surface area contributed by atoms with Gasteiger partial charge in [0.05, 0.1) is 6.61 Å². The van der Waals surface area contributed by atoms with E-state index in [1.54, 1.807) is 0 Å². The Kier molecular flexibility index (Phi) is 31.7. The van der Waals surface area contributed by atoms with E-state index < -0.39 is 49.4 Å². The average Bonchev–Trinajstić information content (AvgIpc) is 3.17. The molecule has 320 valence electrons. The number of carbonyl (C=O) groups excluding carboxylic acids is 2. The van der Waals surface area contributed by atoms with Gasteiger partial charge in [0.15, 0.2) is 6.10 Å². The predicted octanol–water partition coefficient (Wildman–Crippen LogP) is 8.64. The molecule has 8 atom stereocenters. The van der Waals surface area contributed by atoms with Crippen LogP contribution in [0.5, 0.6) is 0 Å². The Hall–Kier alpha value is -1.34. The summed E-state index contributed by atoms with van der Waals surface area (Å²) in [6.07, 6.45) is 20.6. The highest BCUT2D eigenvalue weighted by molar-refractivity contribution is 5.70. The topological polar surface area (TPSA) is 161 Å². The standard InChI is InChI=1S/C43H82O11/c1-5-34(3)27-23-19-15-11-7-9-13-17-21-25-29-38(45)50-32-36(33-51-54-43-42(49)41(48)40(47)37(31-44)53-43)52-39(46)30-26-22-18-14-10-8-12-16-20-24-28-35(4)6-2/h34-37,40-44,47-49H,5-33H2,1-4H3/t34?,35?,36-,37-,40+,41+,42-,43+/m1/s1. The molecule has 0 bridgehead atoms. The third-order valence-corrected chi connectivity index (χ3v) is 11.0. The lowest BCUT2D eigenvalue weighted by molar-refractivity contribution is -0.429. The number of hydrogen-bond acceptors (Lipinski definition) is 11. The fourth-order valence-corrected chi connectivity index (χ4v) is 6.71. The minimum Gasteiger partial charge on any atom is -0.462 e. The molecule has 1 fully saturated rings. The number of aliphatic hydroxyl groups excluding tert-OH is 4. The zero-order valence-electron chi connectivity index (χ0n) is 34.8. The molecule has 54 heavy (non-hydrogen) atoms. The van der Waals surface area contributed by atoms with E-state index in [-0.39, 0.29) is 32.0 Å². The van der Waals surface area contributed by atoms with Crippen molar-refractivity contribution >= 4 is 11.9 Å². The van der Waals surface area contributed by atoms with Crippen molar-refractivity contribution in [2.75, 3.05) is 19.8 Å². The van der Waals surface area contributed by atoms with E-state index in [2.05, 4.69) is 27.7 Å². The summed E-state index contributed by atoms with van der Waals surface area (Å²) < 4.78 is 16.3. The number of unbranched alkanes of at least 4 members (excludes halogenated alkanes) is 18. The summed E-state index contributed by atoms with van der Waals surface area (Å²) in [6, 6.07) is 0. The van der Waals surface area contributed by atoms with Gasteiger partial charge in [-0.2, -0.15) is 0 Å². The molecule has 1 heterocycles. The Morgan fingerprint density at radius 3 is 1.44 bits per heavy atom. The Balaban J connectivity index is 2.34. The van der Waals surface area contributed by atoms with Gasteiger partial charge in [0, 0.05) is 12.8 Å². The molecule has 0 aromatic heterocycles. The summed E-state index contributed by atoms with van der Waals surface area (Å²) in [7, 11) is 0. The zero-order chi connectivity index (χ0) is 39.8. The lowest BCUT2D eigenvalue weighted by atomic mass is 9.99. The molecule has 0 saturated carbocycles. The highest BCUT2D eigenvalue weighted by atomic mass is 17.2. The summed E-state index contributed by atoms with van der Waals surface area (Å²) in [5, 5.41) is 39.6. The Morgan fingerprint density at radius 1 is 0.574 bits per heavy atom. The fourth-order valence-electron chi connectivity index (χ4n) is 6.71. The second kappa shape index (κ2) is 33.8. The molecule has 1 aliphatic rings. The van der Waals surface area contributed by atoms with Crippen molar-refractivity contribution in [2.45, 2.75) is 231 Å². The van der Waals surface area contributed by atoms with Gasteiger partial charge < -0.3 is 34.6 Å². The lowest BCUT2D eigenvalue weighted by Crippen LogP contribution is -2.59. The Morgan fingerprint density at radius 2 is 1.00 bits per heavy atom. The van der Waals surface area contributed by atoms with Gasteiger partial charge in [0.1, 0.15) is 37.6 Å². The number of aliphatic hydroxyl groups is 4. The molecular weight excluding hydrogens is 692 g/mol. The molecule has 0 aromatic carbocycles. The Labute approximate surface area is 328 Å². The van der Waals surface area contributed by atoms with Gasteiger partial charge in [0.2, 0.25) is 6.29 Å². The van der Waals surface area contributed by atoms with Crippen LogP contribution >= 0.6 is 0 Å². The highest BCUT2D eigenvalue weighted by Crippen LogP contribution is 2.23. The van der Waals surface area contributed by atoms with Crippen LogP contribution in [-0.4, -0.2) is 89.0 Å². The van der Waals surface area contributed by atoms with Gasteiger partial charge in [-0.25, -0.2) is 9.78 Å². The SMILES string of the molecule is CCC(C)CCCCCCCCCCCCC(=O)OC[C@H](COO[C@@H]1O[C@H](CO)[C@H](O)[C@H](O)[C@H]1O)OC(=O)CCCCCCCCCCCCC(C)CC. The van der Waals surface area contributed by atoms with Crippen LogP contribution in [0, 0.1) is 11.8 Å². The Bertz CT molecular complexity index is 887. The summed E-state index contributed by atoms with van der Waals surface area (Å²) in [5.41, 5.74) is 0. The van der Waals surface area contributed by atoms with E-state index in [1.807, 2.05) is 0 Å². The maximum absolute atomic E-state index is 12.7. The van der Waals surface area contributed by atoms with Crippen molar-refractivity contribution in [2.24, 2.45) is 11.8 Å². The molecule has 1 saturated heterocycles. The van der Waals surface area contributed by atoms with Crippen LogP contribution in [-0.2, 0) is 33.6 Å². The second-order valence-electron chi connectivity index (χ2n) is 16.0. The number of esters is 2. The van der Waals surface area contributed by atoms with Crippen molar-refractivity contribution < 1.29 is 54.0 Å². The zero-order valence-corrected chi connectivity index (χ0v) is 34.8. The largest absolute Gasteiger partial charge is 0.462 e. The minimum absolute atomic E-state index is 0.225. The normalized spacial score (nSPS) is 21.8. The molecule has 0 spiro atoms. The third kappa shape index (κ3) is 25.7. The summed E-state index contributed by atoms with van der Waals surface area (Å²) in [4.78, 5) is 35.5. The summed E-state index contributed by atoms with van der Waals surface area (Å²) in [6.45, 7) is 8.02. The first kappa shape index (κ1) is 50.7. The van der Waals surface area contributed by atoms with Crippen LogP contribution in [0.15, 0.2) is 0 Å². The molecule has 1 rings (SSSR count). The average molecular weight is 775 g/mol. The smallest absolute Gasteiger partial charge is 0.306 e. The first-order valence-corrected chi connectivity index (χ1v) is 22.1. The molecule has 0 aliphatic carbocycles. The maximum Gasteiger partial charge on any atom is 0.306 e. The molecular formula is C43H82O11. The van der Waals surface area contributed by atoms with Crippen LogP contribution in [0.25, 0.3) is 0 Å². The number of hydrogen-bond donors (Lipinski definition) is 4. The first-order chi connectivity index (χ1) is 26.1. The molecule has 0 amide bonds. The number of rotatable bonds is 36. The molecule has 0 radical (unpaired) electrons. The van der Waals surface area contributed by atoms with E-state index in [1.165, 1.54) is 109 Å². The van der Waals surface area contributed by atoms with E-state index >= 15 is 0 Å². The van der Waals surface area contributed by atoms with Gasteiger partial charge in [0.25, 0.3) is 0 Å². The van der Waals surface area contributed by atoms with Crippen LogP contribution in [0.3, 0.4) is 0 Å². The van der Waals surface area contributed by atoms with Gasteiger partial charge >= 0.3 is 11.9 Å². The molecule has 11 nitrogen and oxygen atoms in total. The second-order valence-corrected chi connectivity index (χ2v) is 16.0. The van der Waals surface area contributed by atoms with Gasteiger partial charge in [-0.3, -0.25) is 9.59 Å². The monoisotopic (exact) mass is 775 g/mol. The van der Waals surface area contributed by atoms with Crippen molar-refractivity contribution in [3.63, 3.8) is 0 Å². The maximum atomic E-state index is 12.7. The number of ether oxygens (including phenoxy) is 3. The van der Waals surface area contributed by atoms with Crippen molar-refractivity contribution in [1.82, 2.24) is 0 Å². The molecule has 2 unspecified atom stereocenters. The fraction of sp³-hybridized carbons (Fsp3) is 0.953. The van der Waals surface area contributed by atoms with E-state index in [0.29, 0.717) is 6.42 Å². The lowest BCUT2D eigenvalue weighted by Gasteiger charge is -2.38. The minimum atomic E-state index is -1.65. The van der Waals surface area contributed by atoms with Crippen LogP contribution in [0.1, 0.15) is 195 Å².